The van der Waals surface area contributed by atoms with Crippen LogP contribution >= 0.6 is 0 Å². The summed E-state index contributed by atoms with van der Waals surface area (Å²) in [5.41, 5.74) is 4.27. The number of likely N-dealkylation sites (N-methyl/N-ethyl adjacent to an activating group) is 2. The Morgan fingerprint density at radius 3 is 1.17 bits per heavy atom. The summed E-state index contributed by atoms with van der Waals surface area (Å²) in [6.07, 6.45) is -0.736. The molecule has 0 radical (unpaired) electrons. The van der Waals surface area contributed by atoms with E-state index < -0.39 is 5.60 Å². The van der Waals surface area contributed by atoms with Crippen molar-refractivity contribution in [1.82, 2.24) is 9.80 Å². The normalized spacial score (nSPS) is 12.4. The van der Waals surface area contributed by atoms with E-state index in [-0.39, 0.29) is 18.1 Å². The molecule has 2 amide bonds. The molecular weight excluding hydrogens is 700 g/mol. The highest BCUT2D eigenvalue weighted by Gasteiger charge is 2.29. The zero-order chi connectivity index (χ0) is 38.9. The minimum Gasteiger partial charge on any atom is -0.448 e. The monoisotopic (exact) mass is 762 g/mol. The van der Waals surface area contributed by atoms with Gasteiger partial charge in [0.25, 0.3) is 0 Å². The molecule has 54 heavy (non-hydrogen) atoms. The maximum Gasteiger partial charge on any atom is 0.410 e. The predicted octanol–water partition coefficient (Wildman–Crippen LogP) is 4.87. The topological polar surface area (TPSA) is 133 Å². The average Bonchev–Trinajstić information content (AvgIpc) is 3.47. The van der Waals surface area contributed by atoms with Gasteiger partial charge in [0, 0.05) is 33.1 Å². The van der Waals surface area contributed by atoms with E-state index in [2.05, 4.69) is 24.3 Å². The van der Waals surface area contributed by atoms with Crippen LogP contribution in [0.4, 0.5) is 9.59 Å². The Morgan fingerprint density at radius 2 is 0.815 bits per heavy atom. The summed E-state index contributed by atoms with van der Waals surface area (Å²) in [5.74, 6) is 0.0356. The summed E-state index contributed by atoms with van der Waals surface area (Å²) in [4.78, 5) is 27.5. The zero-order valence-corrected chi connectivity index (χ0v) is 32.9. The second kappa shape index (κ2) is 26.5. The minimum atomic E-state index is -0.516. The largest absolute Gasteiger partial charge is 0.448 e. The van der Waals surface area contributed by atoms with E-state index in [1.54, 1.807) is 14.1 Å². The molecule has 0 N–H and O–H groups in total. The highest BCUT2D eigenvalue weighted by atomic mass is 16.6. The maximum absolute atomic E-state index is 12.6. The van der Waals surface area contributed by atoms with E-state index in [0.29, 0.717) is 125 Å². The number of amides is 2. The molecule has 14 nitrogen and oxygen atoms in total. The maximum atomic E-state index is 12.6. The van der Waals surface area contributed by atoms with Gasteiger partial charge in [-0.05, 0) is 43.0 Å². The van der Waals surface area contributed by atoms with Crippen molar-refractivity contribution >= 4 is 12.2 Å². The van der Waals surface area contributed by atoms with Crippen LogP contribution in [0.1, 0.15) is 37.8 Å². The van der Waals surface area contributed by atoms with Gasteiger partial charge in [0.1, 0.15) is 12.2 Å². The van der Waals surface area contributed by atoms with Gasteiger partial charge in [0.2, 0.25) is 0 Å². The lowest BCUT2D eigenvalue weighted by atomic mass is 9.98. The third kappa shape index (κ3) is 18.3. The fraction of sp³-hybridized carbons (Fsp3) is 0.650. The fourth-order valence-electron chi connectivity index (χ4n) is 5.27. The van der Waals surface area contributed by atoms with Gasteiger partial charge >= 0.3 is 12.2 Å². The van der Waals surface area contributed by atoms with Crippen LogP contribution in [0.2, 0.25) is 0 Å². The van der Waals surface area contributed by atoms with E-state index in [0.717, 1.165) is 0 Å². The number of benzene rings is 2. The first-order chi connectivity index (χ1) is 26.2. The Balaban J connectivity index is 1.000. The number of carbonyl (C=O) groups excluding carboxylic acids is 2. The van der Waals surface area contributed by atoms with Crippen LogP contribution in [-0.4, -0.2) is 167 Å². The van der Waals surface area contributed by atoms with E-state index in [1.807, 2.05) is 45.0 Å². The van der Waals surface area contributed by atoms with E-state index in [1.165, 1.54) is 32.1 Å². The number of rotatable bonds is 29. The number of hydrogen-bond acceptors (Lipinski definition) is 12. The van der Waals surface area contributed by atoms with Gasteiger partial charge in [0.15, 0.2) is 0 Å². The number of hydrogen-bond donors (Lipinski definition) is 0. The molecule has 3 rings (SSSR count). The van der Waals surface area contributed by atoms with Gasteiger partial charge in [-0.1, -0.05) is 48.5 Å². The lowest BCUT2D eigenvalue weighted by Gasteiger charge is -2.24. The standard InChI is InChI=1S/C40H62N2O12/c1-40(2,3)54-39(44)42(5)15-17-46-19-21-48-23-25-50-27-29-52-31-30-51-28-26-49-24-22-47-20-18-45-16-14-41(4)38(43)53-32-37-35-12-8-6-10-33(35)34-11-7-9-13-36(34)37/h6-13,37H,14-32H2,1-5H3. The molecule has 1 aliphatic rings. The number of ether oxygens (including phenoxy) is 10. The summed E-state index contributed by atoms with van der Waals surface area (Å²) in [6.45, 7) is 13.9. The molecule has 0 fully saturated rings. The lowest BCUT2D eigenvalue weighted by molar-refractivity contribution is -0.0238. The van der Waals surface area contributed by atoms with Crippen LogP contribution in [0, 0.1) is 0 Å². The third-order valence-electron chi connectivity index (χ3n) is 8.10. The van der Waals surface area contributed by atoms with E-state index in [4.69, 9.17) is 47.4 Å². The Morgan fingerprint density at radius 1 is 0.500 bits per heavy atom. The van der Waals surface area contributed by atoms with Crippen molar-refractivity contribution in [3.05, 3.63) is 59.7 Å². The summed E-state index contributed by atoms with van der Waals surface area (Å²) in [5, 5.41) is 0. The molecule has 1 aliphatic carbocycles. The van der Waals surface area contributed by atoms with Gasteiger partial charge in [-0.3, -0.25) is 0 Å². The van der Waals surface area contributed by atoms with E-state index >= 15 is 0 Å². The van der Waals surface area contributed by atoms with Crippen molar-refractivity contribution in [2.75, 3.05) is 140 Å². The summed E-state index contributed by atoms with van der Waals surface area (Å²) in [7, 11) is 3.39. The van der Waals surface area contributed by atoms with Crippen molar-refractivity contribution in [1.29, 1.82) is 0 Å². The SMILES string of the molecule is CN(CCOCCOCCOCCOCCOCCOCCOCCOCCN(C)C(=O)OC(C)(C)C)C(=O)OCC1c2ccccc2-c2ccccc21. The molecule has 0 aliphatic heterocycles. The zero-order valence-electron chi connectivity index (χ0n) is 32.9. The van der Waals surface area contributed by atoms with Gasteiger partial charge in [-0.15, -0.1) is 0 Å². The average molecular weight is 763 g/mol. The lowest BCUT2D eigenvalue weighted by Crippen LogP contribution is -2.36. The molecule has 0 spiro atoms. The van der Waals surface area contributed by atoms with Crippen LogP contribution in [0.25, 0.3) is 11.1 Å². The van der Waals surface area contributed by atoms with Crippen molar-refractivity contribution in [3.63, 3.8) is 0 Å². The van der Waals surface area contributed by atoms with E-state index in [9.17, 15) is 9.59 Å². The highest BCUT2D eigenvalue weighted by molar-refractivity contribution is 5.79. The van der Waals surface area contributed by atoms with Gasteiger partial charge in [-0.2, -0.15) is 0 Å². The first-order valence-electron chi connectivity index (χ1n) is 18.8. The van der Waals surface area contributed by atoms with Crippen molar-refractivity contribution in [2.45, 2.75) is 32.3 Å². The Hall–Kier alpha value is -3.34. The highest BCUT2D eigenvalue weighted by Crippen LogP contribution is 2.44. The van der Waals surface area contributed by atoms with Crippen LogP contribution < -0.4 is 0 Å². The van der Waals surface area contributed by atoms with Crippen molar-refractivity contribution in [2.24, 2.45) is 0 Å². The summed E-state index contributed by atoms with van der Waals surface area (Å²) < 4.78 is 55.1. The minimum absolute atomic E-state index is 0.0356. The first-order valence-corrected chi connectivity index (χ1v) is 18.8. The second-order valence-corrected chi connectivity index (χ2v) is 13.5. The molecule has 304 valence electrons. The van der Waals surface area contributed by atoms with Crippen LogP contribution in [0.3, 0.4) is 0 Å². The third-order valence-corrected chi connectivity index (χ3v) is 8.10. The fourth-order valence-corrected chi connectivity index (χ4v) is 5.27. The summed E-state index contributed by atoms with van der Waals surface area (Å²) in [6, 6.07) is 16.6. The van der Waals surface area contributed by atoms with Gasteiger partial charge in [0.05, 0.1) is 106 Å². The van der Waals surface area contributed by atoms with Gasteiger partial charge in [-0.25, -0.2) is 9.59 Å². The Bertz CT molecular complexity index is 1280. The molecule has 14 heteroatoms. The first kappa shape index (κ1) is 45.1. The molecule has 0 aromatic heterocycles. The molecule has 0 atom stereocenters. The van der Waals surface area contributed by atoms with Gasteiger partial charge < -0.3 is 57.2 Å². The van der Waals surface area contributed by atoms with Crippen LogP contribution in [0.15, 0.2) is 48.5 Å². The van der Waals surface area contributed by atoms with Crippen LogP contribution in [0.5, 0.6) is 0 Å². The molecular formula is C40H62N2O12. The van der Waals surface area contributed by atoms with Crippen molar-refractivity contribution in [3.8, 4) is 11.1 Å². The molecule has 0 bridgehead atoms. The number of fused-ring (bicyclic) bond motifs is 3. The smallest absolute Gasteiger partial charge is 0.410 e. The number of carbonyl (C=O) groups is 2. The Labute approximate surface area is 321 Å². The molecule has 0 unspecified atom stereocenters. The van der Waals surface area contributed by atoms with Crippen molar-refractivity contribution < 1.29 is 57.0 Å². The predicted molar refractivity (Wildman–Crippen MR) is 203 cm³/mol. The summed E-state index contributed by atoms with van der Waals surface area (Å²) >= 11 is 0. The molecule has 2 aromatic carbocycles. The van der Waals surface area contributed by atoms with Crippen LogP contribution in [-0.2, 0) is 47.4 Å². The molecule has 2 aromatic rings. The molecule has 0 saturated heterocycles. The Kier molecular flexibility index (Phi) is 22.1. The second-order valence-electron chi connectivity index (χ2n) is 13.5. The molecule has 0 heterocycles. The number of nitrogens with zero attached hydrogens (tertiary/aromatic N) is 2. The quantitative estimate of drug-likeness (QED) is 0.105. The molecule has 0 saturated carbocycles.